The minimum atomic E-state index is 0.180. The summed E-state index contributed by atoms with van der Waals surface area (Å²) >= 11 is 0. The first kappa shape index (κ1) is 15.8. The molecule has 1 aliphatic rings. The summed E-state index contributed by atoms with van der Waals surface area (Å²) in [4.78, 5) is 19.0. The summed E-state index contributed by atoms with van der Waals surface area (Å²) in [5, 5.41) is 7.87. The Labute approximate surface area is 145 Å². The van der Waals surface area contributed by atoms with Crippen molar-refractivity contribution in [1.29, 1.82) is 0 Å². The van der Waals surface area contributed by atoms with Crippen LogP contribution < -0.4 is 0 Å². The lowest BCUT2D eigenvalue weighted by Crippen LogP contribution is -2.38. The van der Waals surface area contributed by atoms with Crippen LogP contribution in [0, 0.1) is 0 Å². The number of likely N-dealkylation sites (tertiary alicyclic amines) is 1. The molecule has 1 amide bonds. The maximum atomic E-state index is 12.4. The zero-order valence-electron chi connectivity index (χ0n) is 14.3. The summed E-state index contributed by atoms with van der Waals surface area (Å²) in [6, 6.07) is 7.83. The van der Waals surface area contributed by atoms with Gasteiger partial charge in [0.05, 0.1) is 0 Å². The molecule has 1 fully saturated rings. The molecule has 0 unspecified atom stereocenters. The molecule has 130 valence electrons. The van der Waals surface area contributed by atoms with Gasteiger partial charge in [-0.05, 0) is 25.0 Å². The monoisotopic (exact) mass is 339 g/mol. The first-order valence-electron chi connectivity index (χ1n) is 8.67. The van der Waals surface area contributed by atoms with Gasteiger partial charge in [0.2, 0.25) is 5.91 Å². The van der Waals surface area contributed by atoms with Gasteiger partial charge in [0.25, 0.3) is 0 Å². The maximum absolute atomic E-state index is 12.4. The fraction of sp³-hybridized carbons (Fsp3) is 0.444. The Morgan fingerprint density at radius 3 is 2.80 bits per heavy atom. The predicted octanol–water partition coefficient (Wildman–Crippen LogP) is 2.30. The molecule has 0 radical (unpaired) electrons. The highest BCUT2D eigenvalue weighted by Gasteiger charge is 2.27. The van der Waals surface area contributed by atoms with Gasteiger partial charge in [0, 0.05) is 38.9 Å². The van der Waals surface area contributed by atoms with E-state index in [-0.39, 0.29) is 11.8 Å². The Hall–Kier alpha value is -2.70. The number of amides is 1. The number of oxazole rings is 1. The summed E-state index contributed by atoms with van der Waals surface area (Å²) in [6.45, 7) is 1.50. The lowest BCUT2D eigenvalue weighted by atomic mass is 9.96. The molecule has 7 nitrogen and oxygen atoms in total. The number of aryl methyl sites for hydroxylation is 2. The zero-order valence-corrected chi connectivity index (χ0v) is 14.3. The van der Waals surface area contributed by atoms with E-state index < -0.39 is 0 Å². The van der Waals surface area contributed by atoms with E-state index in [1.807, 2.05) is 40.8 Å². The molecule has 1 aromatic carbocycles. The standard InChI is InChI=1S/C18H21N5O2/c1-22-12-19-21-16(22)6-7-17(24)23-10-8-13(9-11-23)18-20-14-4-2-3-5-15(14)25-18/h2-5,12-13H,6-11H2,1H3. The third kappa shape index (κ3) is 3.26. The molecule has 1 saturated heterocycles. The van der Waals surface area contributed by atoms with Crippen molar-refractivity contribution in [2.45, 2.75) is 31.6 Å². The van der Waals surface area contributed by atoms with E-state index >= 15 is 0 Å². The van der Waals surface area contributed by atoms with Crippen molar-refractivity contribution in [3.8, 4) is 0 Å². The second-order valence-electron chi connectivity index (χ2n) is 6.53. The number of carbonyl (C=O) groups is 1. The number of para-hydroxylation sites is 2. The highest BCUT2D eigenvalue weighted by Crippen LogP contribution is 2.30. The van der Waals surface area contributed by atoms with Crippen molar-refractivity contribution < 1.29 is 9.21 Å². The van der Waals surface area contributed by atoms with Gasteiger partial charge in [-0.1, -0.05) is 12.1 Å². The molecule has 0 bridgehead atoms. The molecule has 0 N–H and O–H groups in total. The molecule has 3 heterocycles. The van der Waals surface area contributed by atoms with Crippen LogP contribution in [0.5, 0.6) is 0 Å². The highest BCUT2D eigenvalue weighted by molar-refractivity contribution is 5.76. The Morgan fingerprint density at radius 2 is 2.08 bits per heavy atom. The van der Waals surface area contributed by atoms with Crippen LogP contribution in [-0.2, 0) is 18.3 Å². The number of hydrogen-bond acceptors (Lipinski definition) is 5. The number of benzene rings is 1. The molecule has 0 aliphatic carbocycles. The quantitative estimate of drug-likeness (QED) is 0.729. The van der Waals surface area contributed by atoms with Crippen LogP contribution in [0.3, 0.4) is 0 Å². The minimum Gasteiger partial charge on any atom is -0.440 e. The van der Waals surface area contributed by atoms with Crippen molar-refractivity contribution in [2.24, 2.45) is 7.05 Å². The molecule has 4 rings (SSSR count). The second-order valence-corrected chi connectivity index (χ2v) is 6.53. The fourth-order valence-electron chi connectivity index (χ4n) is 3.35. The van der Waals surface area contributed by atoms with Crippen LogP contribution in [0.2, 0.25) is 0 Å². The summed E-state index contributed by atoms with van der Waals surface area (Å²) in [7, 11) is 1.89. The first-order chi connectivity index (χ1) is 12.2. The summed E-state index contributed by atoms with van der Waals surface area (Å²) < 4.78 is 7.73. The molecule has 2 aromatic heterocycles. The number of carbonyl (C=O) groups excluding carboxylic acids is 1. The van der Waals surface area contributed by atoms with Crippen molar-refractivity contribution in [2.75, 3.05) is 13.1 Å². The van der Waals surface area contributed by atoms with E-state index in [2.05, 4.69) is 15.2 Å². The van der Waals surface area contributed by atoms with E-state index in [9.17, 15) is 4.79 Å². The Morgan fingerprint density at radius 1 is 1.28 bits per heavy atom. The topological polar surface area (TPSA) is 77.1 Å². The Bertz CT molecular complexity index is 843. The Balaban J connectivity index is 1.33. The van der Waals surface area contributed by atoms with E-state index in [0.717, 1.165) is 48.7 Å². The summed E-state index contributed by atoms with van der Waals surface area (Å²) in [6.07, 6.45) is 4.54. The number of piperidine rings is 1. The normalized spacial score (nSPS) is 15.8. The molecular formula is C18H21N5O2. The largest absolute Gasteiger partial charge is 0.440 e. The van der Waals surface area contributed by atoms with Crippen molar-refractivity contribution >= 4 is 17.0 Å². The lowest BCUT2D eigenvalue weighted by Gasteiger charge is -2.30. The van der Waals surface area contributed by atoms with Crippen LogP contribution in [-0.4, -0.2) is 43.6 Å². The zero-order chi connectivity index (χ0) is 17.2. The summed E-state index contributed by atoms with van der Waals surface area (Å²) in [5.41, 5.74) is 1.74. The van der Waals surface area contributed by atoms with Gasteiger partial charge in [0.15, 0.2) is 11.5 Å². The van der Waals surface area contributed by atoms with Crippen molar-refractivity contribution in [3.05, 3.63) is 42.3 Å². The molecule has 1 aliphatic heterocycles. The molecule has 0 saturated carbocycles. The van der Waals surface area contributed by atoms with Gasteiger partial charge in [-0.25, -0.2) is 4.98 Å². The maximum Gasteiger partial charge on any atom is 0.223 e. The molecular weight excluding hydrogens is 318 g/mol. The first-order valence-corrected chi connectivity index (χ1v) is 8.67. The van der Waals surface area contributed by atoms with Crippen molar-refractivity contribution in [1.82, 2.24) is 24.6 Å². The molecule has 0 atom stereocenters. The highest BCUT2D eigenvalue weighted by atomic mass is 16.3. The lowest BCUT2D eigenvalue weighted by molar-refractivity contribution is -0.132. The van der Waals surface area contributed by atoms with Crippen LogP contribution in [0.1, 0.15) is 36.9 Å². The fourth-order valence-corrected chi connectivity index (χ4v) is 3.35. The number of fused-ring (bicyclic) bond motifs is 1. The van der Waals surface area contributed by atoms with E-state index in [1.54, 1.807) is 6.33 Å². The van der Waals surface area contributed by atoms with Crippen LogP contribution in [0.15, 0.2) is 35.0 Å². The van der Waals surface area contributed by atoms with Crippen molar-refractivity contribution in [3.63, 3.8) is 0 Å². The SMILES string of the molecule is Cn1cnnc1CCC(=O)N1CCC(c2nc3ccccc3o2)CC1. The second kappa shape index (κ2) is 6.66. The van der Waals surface area contributed by atoms with Crippen LogP contribution in [0.25, 0.3) is 11.1 Å². The predicted molar refractivity (Wildman–Crippen MR) is 91.9 cm³/mol. The molecule has 3 aromatic rings. The molecule has 0 spiro atoms. The van der Waals surface area contributed by atoms with Gasteiger partial charge < -0.3 is 13.9 Å². The number of nitrogens with zero attached hydrogens (tertiary/aromatic N) is 5. The average molecular weight is 339 g/mol. The number of aromatic nitrogens is 4. The van der Waals surface area contributed by atoms with Crippen LogP contribution in [0.4, 0.5) is 0 Å². The molecule has 7 heteroatoms. The molecule has 25 heavy (non-hydrogen) atoms. The van der Waals surface area contributed by atoms with Gasteiger partial charge >= 0.3 is 0 Å². The van der Waals surface area contributed by atoms with Gasteiger partial charge in [-0.3, -0.25) is 4.79 Å². The van der Waals surface area contributed by atoms with E-state index in [1.165, 1.54) is 0 Å². The van der Waals surface area contributed by atoms with Gasteiger partial charge in [0.1, 0.15) is 17.7 Å². The number of hydrogen-bond donors (Lipinski definition) is 0. The number of rotatable bonds is 4. The van der Waals surface area contributed by atoms with E-state index in [0.29, 0.717) is 12.8 Å². The van der Waals surface area contributed by atoms with Gasteiger partial charge in [-0.15, -0.1) is 10.2 Å². The average Bonchev–Trinajstić information content (AvgIpc) is 3.25. The van der Waals surface area contributed by atoms with Gasteiger partial charge in [-0.2, -0.15) is 0 Å². The smallest absolute Gasteiger partial charge is 0.223 e. The van der Waals surface area contributed by atoms with Crippen LogP contribution >= 0.6 is 0 Å². The third-order valence-corrected chi connectivity index (χ3v) is 4.87. The minimum absolute atomic E-state index is 0.180. The third-order valence-electron chi connectivity index (χ3n) is 4.87. The Kier molecular flexibility index (Phi) is 4.21. The summed E-state index contributed by atoms with van der Waals surface area (Å²) in [5.74, 6) is 2.11. The van der Waals surface area contributed by atoms with E-state index in [4.69, 9.17) is 4.42 Å².